The Morgan fingerprint density at radius 1 is 1.09 bits per heavy atom. The molecule has 11 heteroatoms. The normalized spacial score (nSPS) is 13.3. The molecule has 1 atom stereocenters. The number of benzene rings is 2. The molecule has 0 spiro atoms. The molecule has 35 heavy (non-hydrogen) atoms. The lowest BCUT2D eigenvalue weighted by atomic mass is 10.1. The zero-order valence-electron chi connectivity index (χ0n) is 20.0. The minimum Gasteiger partial charge on any atom is -0.454 e. The fraction of sp³-hybridized carbons (Fsp3) is 0.417. The van der Waals surface area contributed by atoms with Gasteiger partial charge in [-0.05, 0) is 50.1 Å². The summed E-state index contributed by atoms with van der Waals surface area (Å²) in [4.78, 5) is 27.7. The summed E-state index contributed by atoms with van der Waals surface area (Å²) in [7, 11) is -3.82. The molecule has 2 aromatic carbocycles. The van der Waals surface area contributed by atoms with Crippen molar-refractivity contribution < 1.29 is 27.5 Å². The number of carbonyl (C=O) groups is 2. The van der Waals surface area contributed by atoms with E-state index in [0.717, 1.165) is 20.8 Å². The Bertz CT molecular complexity index is 1160. The SMILES string of the molecule is CCCNC(=O)[C@@H](C)N(Cc1ccc(Br)cc1)C(=O)CN(c1ccc2c(c1)OCO2)S(=O)(=O)CC. The highest BCUT2D eigenvalue weighted by molar-refractivity contribution is 9.10. The first-order valence-corrected chi connectivity index (χ1v) is 13.8. The Morgan fingerprint density at radius 2 is 1.77 bits per heavy atom. The maximum atomic E-state index is 13.6. The first-order chi connectivity index (χ1) is 16.7. The lowest BCUT2D eigenvalue weighted by Gasteiger charge is -2.32. The van der Waals surface area contributed by atoms with Crippen LogP contribution in [0.1, 0.15) is 32.8 Å². The molecule has 1 aliphatic heterocycles. The summed E-state index contributed by atoms with van der Waals surface area (Å²) in [6, 6.07) is 11.3. The van der Waals surface area contributed by atoms with Gasteiger partial charge in [0.25, 0.3) is 0 Å². The van der Waals surface area contributed by atoms with E-state index in [0.29, 0.717) is 18.0 Å². The van der Waals surface area contributed by atoms with Crippen molar-refractivity contribution in [3.8, 4) is 11.5 Å². The molecule has 0 aromatic heterocycles. The zero-order chi connectivity index (χ0) is 25.6. The van der Waals surface area contributed by atoms with E-state index in [1.54, 1.807) is 25.1 Å². The second kappa shape index (κ2) is 11.8. The van der Waals surface area contributed by atoms with Crippen LogP contribution in [0.15, 0.2) is 46.9 Å². The van der Waals surface area contributed by atoms with Crippen molar-refractivity contribution in [2.75, 3.05) is 29.9 Å². The molecule has 0 saturated heterocycles. The van der Waals surface area contributed by atoms with Crippen LogP contribution in [0.3, 0.4) is 0 Å². The van der Waals surface area contributed by atoms with Crippen molar-refractivity contribution in [2.45, 2.75) is 39.8 Å². The fourth-order valence-electron chi connectivity index (χ4n) is 3.53. The van der Waals surface area contributed by atoms with Crippen molar-refractivity contribution in [3.05, 3.63) is 52.5 Å². The van der Waals surface area contributed by atoms with Crippen LogP contribution in [0.25, 0.3) is 0 Å². The van der Waals surface area contributed by atoms with Crippen LogP contribution in [0, 0.1) is 0 Å². The van der Waals surface area contributed by atoms with Gasteiger partial charge in [0.1, 0.15) is 12.6 Å². The molecule has 3 rings (SSSR count). The molecular weight excluding hydrogens is 538 g/mol. The smallest absolute Gasteiger partial charge is 0.244 e. The Hall–Kier alpha value is -2.79. The van der Waals surface area contributed by atoms with Crippen LogP contribution >= 0.6 is 15.9 Å². The van der Waals surface area contributed by atoms with Crippen LogP contribution in [0.4, 0.5) is 5.69 Å². The predicted molar refractivity (Wildman–Crippen MR) is 137 cm³/mol. The number of nitrogens with zero attached hydrogens (tertiary/aromatic N) is 2. The average Bonchev–Trinajstić information content (AvgIpc) is 3.32. The summed E-state index contributed by atoms with van der Waals surface area (Å²) in [5.41, 5.74) is 1.10. The third kappa shape index (κ3) is 6.66. The molecule has 1 heterocycles. The van der Waals surface area contributed by atoms with E-state index in [2.05, 4.69) is 21.2 Å². The molecule has 0 fully saturated rings. The van der Waals surface area contributed by atoms with Gasteiger partial charge in [0.15, 0.2) is 11.5 Å². The summed E-state index contributed by atoms with van der Waals surface area (Å²) in [6.07, 6.45) is 0.756. The molecule has 0 unspecified atom stereocenters. The third-order valence-corrected chi connectivity index (χ3v) is 7.88. The minimum absolute atomic E-state index is 0.0452. The van der Waals surface area contributed by atoms with E-state index in [-0.39, 0.29) is 30.7 Å². The van der Waals surface area contributed by atoms with Gasteiger partial charge in [-0.25, -0.2) is 8.42 Å². The summed E-state index contributed by atoms with van der Waals surface area (Å²) in [5, 5.41) is 2.81. The van der Waals surface area contributed by atoms with E-state index in [1.165, 1.54) is 11.8 Å². The Labute approximate surface area is 214 Å². The molecule has 1 N–H and O–H groups in total. The number of carbonyl (C=O) groups excluding carboxylic acids is 2. The number of hydrogen-bond donors (Lipinski definition) is 1. The summed E-state index contributed by atoms with van der Waals surface area (Å²) in [6.45, 7) is 5.31. The monoisotopic (exact) mass is 567 g/mol. The van der Waals surface area contributed by atoms with Gasteiger partial charge in [-0.15, -0.1) is 0 Å². The largest absolute Gasteiger partial charge is 0.454 e. The highest BCUT2D eigenvalue weighted by atomic mass is 79.9. The molecule has 0 saturated carbocycles. The summed E-state index contributed by atoms with van der Waals surface area (Å²) >= 11 is 3.39. The van der Waals surface area contributed by atoms with Gasteiger partial charge < -0.3 is 19.7 Å². The van der Waals surface area contributed by atoms with Crippen molar-refractivity contribution >= 4 is 43.5 Å². The lowest BCUT2D eigenvalue weighted by Crippen LogP contribution is -2.51. The molecule has 0 bridgehead atoms. The Balaban J connectivity index is 1.92. The quantitative estimate of drug-likeness (QED) is 0.446. The number of anilines is 1. The number of fused-ring (bicyclic) bond motifs is 1. The highest BCUT2D eigenvalue weighted by Crippen LogP contribution is 2.36. The van der Waals surface area contributed by atoms with E-state index in [9.17, 15) is 18.0 Å². The molecular formula is C24H30BrN3O6S. The predicted octanol–water partition coefficient (Wildman–Crippen LogP) is 3.28. The summed E-state index contributed by atoms with van der Waals surface area (Å²) in [5.74, 6) is -0.0853. The van der Waals surface area contributed by atoms with Crippen LogP contribution in [-0.2, 0) is 26.2 Å². The maximum Gasteiger partial charge on any atom is 0.244 e. The third-order valence-electron chi connectivity index (χ3n) is 5.61. The van der Waals surface area contributed by atoms with E-state index in [1.807, 2.05) is 31.2 Å². The second-order valence-corrected chi connectivity index (χ2v) is 11.2. The van der Waals surface area contributed by atoms with Gasteiger partial charge in [0.2, 0.25) is 28.6 Å². The van der Waals surface area contributed by atoms with Crippen molar-refractivity contribution in [2.24, 2.45) is 0 Å². The Morgan fingerprint density at radius 3 is 2.43 bits per heavy atom. The second-order valence-electron chi connectivity index (χ2n) is 8.06. The number of hydrogen-bond acceptors (Lipinski definition) is 6. The van der Waals surface area contributed by atoms with Gasteiger partial charge in [0.05, 0.1) is 11.4 Å². The topological polar surface area (TPSA) is 105 Å². The van der Waals surface area contributed by atoms with Crippen LogP contribution in [0.5, 0.6) is 11.5 Å². The zero-order valence-corrected chi connectivity index (χ0v) is 22.4. The van der Waals surface area contributed by atoms with Gasteiger partial charge in [0, 0.05) is 23.6 Å². The molecule has 2 amide bonds. The number of nitrogens with one attached hydrogen (secondary N) is 1. The molecule has 190 valence electrons. The van der Waals surface area contributed by atoms with E-state index in [4.69, 9.17) is 9.47 Å². The Kier molecular flexibility index (Phi) is 9.01. The van der Waals surface area contributed by atoms with Crippen LogP contribution < -0.4 is 19.1 Å². The standard InChI is InChI=1S/C24H30BrN3O6S/c1-4-12-26-24(30)17(3)27(14-18-6-8-19(25)9-7-18)23(29)15-28(35(31,32)5-2)20-10-11-21-22(13-20)34-16-33-21/h6-11,13,17H,4-5,12,14-16H2,1-3H3,(H,26,30)/t17-/m1/s1. The van der Waals surface area contributed by atoms with Crippen LogP contribution in [-0.4, -0.2) is 56.8 Å². The number of ether oxygens (including phenoxy) is 2. The van der Waals surface area contributed by atoms with E-state index < -0.39 is 28.5 Å². The molecule has 0 radical (unpaired) electrons. The first kappa shape index (κ1) is 26.8. The van der Waals surface area contributed by atoms with Gasteiger partial charge in [-0.1, -0.05) is 35.0 Å². The average molecular weight is 568 g/mol. The molecule has 9 nitrogen and oxygen atoms in total. The lowest BCUT2D eigenvalue weighted by molar-refractivity contribution is -0.139. The van der Waals surface area contributed by atoms with Gasteiger partial charge in [-0.2, -0.15) is 0 Å². The number of rotatable bonds is 11. The van der Waals surface area contributed by atoms with E-state index >= 15 is 0 Å². The van der Waals surface area contributed by atoms with Crippen molar-refractivity contribution in [1.29, 1.82) is 0 Å². The van der Waals surface area contributed by atoms with Gasteiger partial charge in [-0.3, -0.25) is 13.9 Å². The number of halogens is 1. The van der Waals surface area contributed by atoms with Gasteiger partial charge >= 0.3 is 0 Å². The van der Waals surface area contributed by atoms with Crippen molar-refractivity contribution in [1.82, 2.24) is 10.2 Å². The molecule has 1 aliphatic rings. The minimum atomic E-state index is -3.82. The number of amides is 2. The maximum absolute atomic E-state index is 13.6. The first-order valence-electron chi connectivity index (χ1n) is 11.4. The number of sulfonamides is 1. The molecule has 2 aromatic rings. The molecule has 0 aliphatic carbocycles. The fourth-order valence-corrected chi connectivity index (χ4v) is 4.84. The summed E-state index contributed by atoms with van der Waals surface area (Å²) < 4.78 is 38.6. The highest BCUT2D eigenvalue weighted by Gasteiger charge is 2.31. The van der Waals surface area contributed by atoms with Crippen LogP contribution in [0.2, 0.25) is 0 Å². The van der Waals surface area contributed by atoms with Crippen molar-refractivity contribution in [3.63, 3.8) is 0 Å².